The molecule has 1 atom stereocenters. The number of alkyl halides is 1. The maximum atomic E-state index is 5.85. The third kappa shape index (κ3) is 1.87. The second-order valence-electron chi connectivity index (χ2n) is 3.33. The summed E-state index contributed by atoms with van der Waals surface area (Å²) in [7, 11) is 0. The Hall–Kier alpha value is -0.530. The van der Waals surface area contributed by atoms with Crippen molar-refractivity contribution in [2.75, 3.05) is 6.61 Å². The summed E-state index contributed by atoms with van der Waals surface area (Å²) < 4.78 is 5.62. The first-order chi connectivity index (χ1) is 6.42. The molecule has 2 heteroatoms. The Balaban J connectivity index is 2.26. The average Bonchev–Trinajstić information content (AvgIpc) is 2.70. The van der Waals surface area contributed by atoms with Crippen LogP contribution in [-0.2, 0) is 10.6 Å². The van der Waals surface area contributed by atoms with Crippen molar-refractivity contribution in [1.82, 2.24) is 0 Å². The molecule has 1 aromatic rings. The Kier molecular flexibility index (Phi) is 2.87. The predicted octanol–water partition coefficient (Wildman–Crippen LogP) is 3.28. The van der Waals surface area contributed by atoms with Gasteiger partial charge in [-0.25, -0.2) is 0 Å². The Morgan fingerprint density at radius 1 is 1.38 bits per heavy atom. The minimum absolute atomic E-state index is 0.287. The third-order valence-corrected chi connectivity index (χ3v) is 2.76. The van der Waals surface area contributed by atoms with Crippen LogP contribution in [0.25, 0.3) is 0 Å². The molecule has 0 bridgehead atoms. The quantitative estimate of drug-likeness (QED) is 0.660. The Morgan fingerprint density at radius 3 is 2.92 bits per heavy atom. The highest BCUT2D eigenvalue weighted by Crippen LogP contribution is 2.31. The van der Waals surface area contributed by atoms with E-state index in [1.807, 2.05) is 12.1 Å². The number of hydrogen-bond donors (Lipinski definition) is 0. The normalized spacial score (nSPS) is 22.1. The Morgan fingerprint density at radius 2 is 2.23 bits per heavy atom. The SMILES string of the molecule is ClCc1ccccc1C1CCCO1. The molecule has 70 valence electrons. The van der Waals surface area contributed by atoms with Gasteiger partial charge < -0.3 is 4.74 Å². The van der Waals surface area contributed by atoms with Crippen LogP contribution < -0.4 is 0 Å². The molecule has 1 unspecified atom stereocenters. The smallest absolute Gasteiger partial charge is 0.0828 e. The highest BCUT2D eigenvalue weighted by atomic mass is 35.5. The molecule has 1 nitrogen and oxygen atoms in total. The molecular weight excluding hydrogens is 184 g/mol. The summed E-state index contributed by atoms with van der Waals surface area (Å²) in [6, 6.07) is 8.26. The maximum absolute atomic E-state index is 5.85. The van der Waals surface area contributed by atoms with Crippen molar-refractivity contribution in [1.29, 1.82) is 0 Å². The topological polar surface area (TPSA) is 9.23 Å². The van der Waals surface area contributed by atoms with E-state index < -0.39 is 0 Å². The summed E-state index contributed by atoms with van der Waals surface area (Å²) in [4.78, 5) is 0. The van der Waals surface area contributed by atoms with E-state index in [0.29, 0.717) is 5.88 Å². The first-order valence-corrected chi connectivity index (χ1v) is 5.20. The number of hydrogen-bond acceptors (Lipinski definition) is 1. The summed E-state index contributed by atoms with van der Waals surface area (Å²) in [5, 5.41) is 0. The molecule has 0 radical (unpaired) electrons. The van der Waals surface area contributed by atoms with Crippen LogP contribution in [0.15, 0.2) is 24.3 Å². The molecule has 1 aliphatic rings. The maximum Gasteiger partial charge on any atom is 0.0828 e. The first kappa shape index (κ1) is 9.04. The first-order valence-electron chi connectivity index (χ1n) is 4.67. The van der Waals surface area contributed by atoms with E-state index >= 15 is 0 Å². The summed E-state index contributed by atoms with van der Waals surface area (Å²) in [6.45, 7) is 0.890. The second kappa shape index (κ2) is 4.12. The molecule has 13 heavy (non-hydrogen) atoms. The summed E-state index contributed by atoms with van der Waals surface area (Å²) in [5.74, 6) is 0.579. The molecular formula is C11H13ClO. The van der Waals surface area contributed by atoms with Crippen molar-refractivity contribution >= 4 is 11.6 Å². The van der Waals surface area contributed by atoms with Gasteiger partial charge >= 0.3 is 0 Å². The summed E-state index contributed by atoms with van der Waals surface area (Å²) in [6.07, 6.45) is 2.59. The molecule has 0 spiro atoms. The van der Waals surface area contributed by atoms with Gasteiger partial charge in [-0.2, -0.15) is 0 Å². The summed E-state index contributed by atoms with van der Waals surface area (Å²) >= 11 is 5.85. The molecule has 2 rings (SSSR count). The van der Waals surface area contributed by atoms with Crippen LogP contribution in [0.2, 0.25) is 0 Å². The minimum Gasteiger partial charge on any atom is -0.374 e. The lowest BCUT2D eigenvalue weighted by atomic mass is 10.0. The van der Waals surface area contributed by atoms with Gasteiger partial charge in [0.1, 0.15) is 0 Å². The zero-order valence-corrected chi connectivity index (χ0v) is 8.26. The molecule has 1 saturated heterocycles. The molecule has 1 fully saturated rings. The monoisotopic (exact) mass is 196 g/mol. The highest BCUT2D eigenvalue weighted by Gasteiger charge is 2.19. The fraction of sp³-hybridized carbons (Fsp3) is 0.455. The molecule has 1 aliphatic heterocycles. The Bertz CT molecular complexity index is 279. The van der Waals surface area contributed by atoms with E-state index in [-0.39, 0.29) is 6.10 Å². The molecule has 1 aromatic carbocycles. The second-order valence-corrected chi connectivity index (χ2v) is 3.60. The minimum atomic E-state index is 0.287. The van der Waals surface area contributed by atoms with Crippen LogP contribution in [0.3, 0.4) is 0 Å². The van der Waals surface area contributed by atoms with Crippen molar-refractivity contribution in [2.24, 2.45) is 0 Å². The van der Waals surface area contributed by atoms with Gasteiger partial charge in [0.25, 0.3) is 0 Å². The van der Waals surface area contributed by atoms with Crippen molar-refractivity contribution in [2.45, 2.75) is 24.8 Å². The van der Waals surface area contributed by atoms with E-state index in [1.54, 1.807) is 0 Å². The van der Waals surface area contributed by atoms with Crippen molar-refractivity contribution < 1.29 is 4.74 Å². The zero-order valence-electron chi connectivity index (χ0n) is 7.50. The van der Waals surface area contributed by atoms with Crippen molar-refractivity contribution in [3.8, 4) is 0 Å². The van der Waals surface area contributed by atoms with Crippen LogP contribution in [-0.4, -0.2) is 6.61 Å². The summed E-state index contributed by atoms with van der Waals surface area (Å²) in [5.41, 5.74) is 2.48. The van der Waals surface area contributed by atoms with Crippen molar-refractivity contribution in [3.05, 3.63) is 35.4 Å². The molecule has 0 aromatic heterocycles. The lowest BCUT2D eigenvalue weighted by Crippen LogP contribution is -1.99. The lowest BCUT2D eigenvalue weighted by molar-refractivity contribution is 0.111. The van der Waals surface area contributed by atoms with E-state index in [1.165, 1.54) is 17.5 Å². The van der Waals surface area contributed by atoms with Gasteiger partial charge in [0, 0.05) is 12.5 Å². The van der Waals surface area contributed by atoms with Crippen LogP contribution in [0.1, 0.15) is 30.1 Å². The lowest BCUT2D eigenvalue weighted by Gasteiger charge is -2.13. The fourth-order valence-electron chi connectivity index (χ4n) is 1.79. The average molecular weight is 197 g/mol. The molecule has 1 heterocycles. The predicted molar refractivity (Wildman–Crippen MR) is 53.9 cm³/mol. The standard InChI is InChI=1S/C11H13ClO/c12-8-9-4-1-2-5-10(9)11-6-3-7-13-11/h1-2,4-5,11H,3,6-8H2. The van der Waals surface area contributed by atoms with Gasteiger partial charge in [0.05, 0.1) is 6.10 Å². The van der Waals surface area contributed by atoms with Gasteiger partial charge in [0.15, 0.2) is 0 Å². The molecule has 0 N–H and O–H groups in total. The number of rotatable bonds is 2. The number of benzene rings is 1. The molecule has 0 aliphatic carbocycles. The van der Waals surface area contributed by atoms with Crippen LogP contribution in [0, 0.1) is 0 Å². The fourth-order valence-corrected chi connectivity index (χ4v) is 2.04. The molecule has 0 saturated carbocycles. The van der Waals surface area contributed by atoms with E-state index in [9.17, 15) is 0 Å². The van der Waals surface area contributed by atoms with Gasteiger partial charge in [0.2, 0.25) is 0 Å². The van der Waals surface area contributed by atoms with Crippen molar-refractivity contribution in [3.63, 3.8) is 0 Å². The van der Waals surface area contributed by atoms with Gasteiger partial charge in [-0.3, -0.25) is 0 Å². The third-order valence-electron chi connectivity index (χ3n) is 2.48. The zero-order chi connectivity index (χ0) is 9.10. The van der Waals surface area contributed by atoms with E-state index in [2.05, 4.69) is 12.1 Å². The Labute approximate surface area is 83.7 Å². The molecule has 0 amide bonds. The van der Waals surface area contributed by atoms with E-state index in [0.717, 1.165) is 13.0 Å². The largest absolute Gasteiger partial charge is 0.374 e. The van der Waals surface area contributed by atoms with Gasteiger partial charge in [-0.05, 0) is 24.0 Å². The highest BCUT2D eigenvalue weighted by molar-refractivity contribution is 6.17. The van der Waals surface area contributed by atoms with Gasteiger partial charge in [-0.15, -0.1) is 11.6 Å². The van der Waals surface area contributed by atoms with Gasteiger partial charge in [-0.1, -0.05) is 24.3 Å². The van der Waals surface area contributed by atoms with E-state index in [4.69, 9.17) is 16.3 Å². The number of halogens is 1. The number of ether oxygens (including phenoxy) is 1. The van der Waals surface area contributed by atoms with Crippen LogP contribution in [0.4, 0.5) is 0 Å². The van der Waals surface area contributed by atoms with Crippen LogP contribution >= 0.6 is 11.6 Å². The van der Waals surface area contributed by atoms with Crippen LogP contribution in [0.5, 0.6) is 0 Å².